The molecule has 2 N–H and O–H groups in total. The van der Waals surface area contributed by atoms with Crippen LogP contribution in [0.25, 0.3) is 11.1 Å². The Morgan fingerprint density at radius 3 is 2.09 bits per heavy atom. The molecule has 7 nitrogen and oxygen atoms in total. The molecular formula is C25H24N2O5S. The van der Waals surface area contributed by atoms with Crippen LogP contribution >= 0.6 is 0 Å². The van der Waals surface area contributed by atoms with Gasteiger partial charge in [-0.15, -0.1) is 0 Å². The highest BCUT2D eigenvalue weighted by molar-refractivity contribution is 7.90. The Kier molecular flexibility index (Phi) is 5.86. The van der Waals surface area contributed by atoms with Gasteiger partial charge in [0.25, 0.3) is 5.91 Å². The number of benzene rings is 3. The fourth-order valence-electron chi connectivity index (χ4n) is 3.94. The summed E-state index contributed by atoms with van der Waals surface area (Å²) < 4.78 is 34.5. The quantitative estimate of drug-likeness (QED) is 0.559. The maximum absolute atomic E-state index is 13.7. The summed E-state index contributed by atoms with van der Waals surface area (Å²) in [5, 5.41) is 0. The molecule has 33 heavy (non-hydrogen) atoms. The molecule has 3 aromatic rings. The van der Waals surface area contributed by atoms with Crippen LogP contribution in [0.2, 0.25) is 0 Å². The first-order valence-electron chi connectivity index (χ1n) is 10.2. The summed E-state index contributed by atoms with van der Waals surface area (Å²) in [6.07, 6.45) is 1.16. The minimum Gasteiger partial charge on any atom is -0.497 e. The molecule has 0 saturated heterocycles. The van der Waals surface area contributed by atoms with Crippen LogP contribution in [-0.2, 0) is 14.6 Å². The summed E-state index contributed by atoms with van der Waals surface area (Å²) in [4.78, 5) is 15.5. The second-order valence-corrected chi connectivity index (χ2v) is 9.69. The monoisotopic (exact) mass is 464 g/mol. The number of amides is 1. The van der Waals surface area contributed by atoms with Crippen molar-refractivity contribution in [2.24, 2.45) is 0 Å². The molecule has 0 saturated carbocycles. The smallest absolute Gasteiger partial charge is 0.259 e. The van der Waals surface area contributed by atoms with Gasteiger partial charge in [-0.2, -0.15) is 0 Å². The van der Waals surface area contributed by atoms with E-state index in [2.05, 4.69) is 0 Å². The van der Waals surface area contributed by atoms with Gasteiger partial charge in [-0.25, -0.2) is 8.42 Å². The predicted octanol–water partition coefficient (Wildman–Crippen LogP) is 3.65. The van der Waals surface area contributed by atoms with Crippen LogP contribution in [0, 0.1) is 0 Å². The number of para-hydroxylation sites is 1. The molecule has 8 heteroatoms. The number of nitrogen functional groups attached to an aromatic ring is 1. The lowest BCUT2D eigenvalue weighted by atomic mass is 9.97. The molecule has 1 amide bonds. The van der Waals surface area contributed by atoms with Crippen LogP contribution in [0.4, 0.5) is 11.4 Å². The Hall–Kier alpha value is -3.78. The van der Waals surface area contributed by atoms with Gasteiger partial charge in [-0.1, -0.05) is 30.3 Å². The van der Waals surface area contributed by atoms with Gasteiger partial charge in [-0.05, 0) is 53.1 Å². The van der Waals surface area contributed by atoms with Gasteiger partial charge in [0.1, 0.15) is 5.75 Å². The Morgan fingerprint density at radius 2 is 1.52 bits per heavy atom. The highest BCUT2D eigenvalue weighted by Gasteiger charge is 2.34. The van der Waals surface area contributed by atoms with Gasteiger partial charge in [0.15, 0.2) is 15.6 Å². The van der Waals surface area contributed by atoms with Gasteiger partial charge < -0.3 is 20.1 Å². The molecule has 0 aromatic heterocycles. The topological polar surface area (TPSA) is 98.9 Å². The Balaban J connectivity index is 1.85. The summed E-state index contributed by atoms with van der Waals surface area (Å²) in [5.74, 6) is 0.901. The normalized spacial score (nSPS) is 14.0. The van der Waals surface area contributed by atoms with Crippen molar-refractivity contribution < 1.29 is 22.7 Å². The van der Waals surface area contributed by atoms with Crippen molar-refractivity contribution in [1.29, 1.82) is 0 Å². The van der Waals surface area contributed by atoms with E-state index in [1.54, 1.807) is 66.6 Å². The third-order valence-electron chi connectivity index (χ3n) is 5.61. The second-order valence-electron chi connectivity index (χ2n) is 7.67. The third kappa shape index (κ3) is 4.17. The number of ether oxygens (including phenoxy) is 2. The first-order valence-corrected chi connectivity index (χ1v) is 12.1. The van der Waals surface area contributed by atoms with Crippen LogP contribution < -0.4 is 20.1 Å². The standard InChI is InChI=1S/C25H24N2O5S/c1-31-18-11-7-17(8-12-18)23-20(16-9-13-19(14-10-16)33(3,29)30)15-27(25(23)28)22-6-4-5-21(26)24(22)32-2/h4-14H,15,26H2,1-3H3. The highest BCUT2D eigenvalue weighted by Crippen LogP contribution is 2.42. The van der Waals surface area contributed by atoms with Crippen LogP contribution in [0.15, 0.2) is 71.6 Å². The summed E-state index contributed by atoms with van der Waals surface area (Å²) in [5.41, 5.74) is 9.86. The molecule has 1 aliphatic heterocycles. The molecule has 3 aromatic carbocycles. The first-order chi connectivity index (χ1) is 15.7. The number of nitrogens with two attached hydrogens (primary N) is 1. The van der Waals surface area contributed by atoms with Crippen LogP contribution in [0.3, 0.4) is 0 Å². The fraction of sp³-hybridized carbons (Fsp3) is 0.160. The van der Waals surface area contributed by atoms with E-state index in [1.165, 1.54) is 7.11 Å². The summed E-state index contributed by atoms with van der Waals surface area (Å²) in [6.45, 7) is 0.276. The number of hydrogen-bond acceptors (Lipinski definition) is 6. The average Bonchev–Trinajstić information content (AvgIpc) is 3.15. The van der Waals surface area contributed by atoms with E-state index in [9.17, 15) is 13.2 Å². The third-order valence-corrected chi connectivity index (χ3v) is 6.73. The second kappa shape index (κ2) is 8.63. The van der Waals surface area contributed by atoms with Crippen molar-refractivity contribution in [3.8, 4) is 11.5 Å². The van der Waals surface area contributed by atoms with Crippen LogP contribution in [0.5, 0.6) is 11.5 Å². The average molecular weight is 465 g/mol. The van der Waals surface area contributed by atoms with Crippen molar-refractivity contribution >= 4 is 38.3 Å². The largest absolute Gasteiger partial charge is 0.497 e. The zero-order chi connectivity index (χ0) is 23.8. The van der Waals surface area contributed by atoms with E-state index in [4.69, 9.17) is 15.2 Å². The van der Waals surface area contributed by atoms with E-state index >= 15 is 0 Å². The molecule has 0 radical (unpaired) electrons. The Bertz CT molecular complexity index is 1340. The van der Waals surface area contributed by atoms with E-state index < -0.39 is 9.84 Å². The van der Waals surface area contributed by atoms with Crippen molar-refractivity contribution in [1.82, 2.24) is 0 Å². The molecule has 0 bridgehead atoms. The van der Waals surface area contributed by atoms with E-state index in [1.807, 2.05) is 12.1 Å². The van der Waals surface area contributed by atoms with Crippen molar-refractivity contribution in [2.45, 2.75) is 4.90 Å². The maximum atomic E-state index is 13.7. The maximum Gasteiger partial charge on any atom is 0.259 e. The number of sulfone groups is 1. The first kappa shape index (κ1) is 22.4. The van der Waals surface area contributed by atoms with E-state index in [0.29, 0.717) is 28.4 Å². The lowest BCUT2D eigenvalue weighted by Crippen LogP contribution is -2.27. The van der Waals surface area contributed by atoms with Crippen molar-refractivity contribution in [3.63, 3.8) is 0 Å². The number of hydrogen-bond donors (Lipinski definition) is 1. The number of anilines is 2. The van der Waals surface area contributed by atoms with Gasteiger partial charge in [-0.3, -0.25) is 4.79 Å². The number of rotatable bonds is 6. The number of nitrogens with zero attached hydrogens (tertiary/aromatic N) is 1. The molecule has 0 fully saturated rings. The Morgan fingerprint density at radius 1 is 0.879 bits per heavy atom. The predicted molar refractivity (Wildman–Crippen MR) is 129 cm³/mol. The van der Waals surface area contributed by atoms with Crippen molar-refractivity contribution in [2.75, 3.05) is 37.7 Å². The molecular weight excluding hydrogens is 440 g/mol. The molecule has 170 valence electrons. The molecule has 0 spiro atoms. The number of carbonyl (C=O) groups excluding carboxylic acids is 1. The van der Waals surface area contributed by atoms with Crippen LogP contribution in [-0.4, -0.2) is 41.3 Å². The van der Waals surface area contributed by atoms with E-state index in [-0.39, 0.29) is 17.3 Å². The fourth-order valence-corrected chi connectivity index (χ4v) is 4.57. The van der Waals surface area contributed by atoms with E-state index in [0.717, 1.165) is 23.0 Å². The minimum atomic E-state index is -3.33. The Labute approximate surface area is 193 Å². The highest BCUT2D eigenvalue weighted by atomic mass is 32.2. The SMILES string of the molecule is COc1ccc(C2=C(c3ccc(S(C)(=O)=O)cc3)CN(c3cccc(N)c3OC)C2=O)cc1. The summed E-state index contributed by atoms with van der Waals surface area (Å²) in [7, 11) is -0.239. The molecule has 1 aliphatic rings. The molecule has 0 unspecified atom stereocenters. The zero-order valence-corrected chi connectivity index (χ0v) is 19.3. The molecule has 1 heterocycles. The number of carbonyl (C=O) groups is 1. The molecule has 0 atom stereocenters. The van der Waals surface area contributed by atoms with Gasteiger partial charge in [0.05, 0.1) is 42.6 Å². The van der Waals surface area contributed by atoms with Crippen molar-refractivity contribution in [3.05, 3.63) is 77.9 Å². The van der Waals surface area contributed by atoms with Crippen LogP contribution in [0.1, 0.15) is 11.1 Å². The van der Waals surface area contributed by atoms with Gasteiger partial charge >= 0.3 is 0 Å². The lowest BCUT2D eigenvalue weighted by Gasteiger charge is -2.21. The molecule has 0 aliphatic carbocycles. The van der Waals surface area contributed by atoms with Gasteiger partial charge in [0, 0.05) is 6.26 Å². The zero-order valence-electron chi connectivity index (χ0n) is 18.5. The summed E-state index contributed by atoms with van der Waals surface area (Å²) in [6, 6.07) is 19.1. The minimum absolute atomic E-state index is 0.203. The summed E-state index contributed by atoms with van der Waals surface area (Å²) >= 11 is 0. The van der Waals surface area contributed by atoms with Gasteiger partial charge in [0.2, 0.25) is 0 Å². The number of methoxy groups -OCH3 is 2. The lowest BCUT2D eigenvalue weighted by molar-refractivity contribution is -0.112. The molecule has 4 rings (SSSR count).